The lowest BCUT2D eigenvalue weighted by Crippen LogP contribution is -2.74. The van der Waals surface area contributed by atoms with Gasteiger partial charge in [-0.3, -0.25) is 9.59 Å². The highest BCUT2D eigenvalue weighted by Gasteiger charge is 2.50. The largest absolute Gasteiger partial charge is 0.468 e. The van der Waals surface area contributed by atoms with E-state index in [2.05, 4.69) is 10.6 Å². The van der Waals surface area contributed by atoms with E-state index in [-0.39, 0.29) is 18.9 Å². The number of rotatable bonds is 9. The lowest BCUT2D eigenvalue weighted by molar-refractivity contribution is -0.159. The molecular weight excluding hydrogens is 446 g/mol. The van der Waals surface area contributed by atoms with E-state index in [0.717, 1.165) is 43.2 Å². The molecule has 2 amide bonds. The van der Waals surface area contributed by atoms with Crippen LogP contribution in [-0.2, 0) is 25.7 Å². The average Bonchev–Trinajstić information content (AvgIpc) is 2.86. The molecule has 0 aromatic heterocycles. The van der Waals surface area contributed by atoms with Gasteiger partial charge in [-0.25, -0.2) is 4.79 Å². The lowest BCUT2D eigenvalue weighted by atomic mass is 9.79. The zero-order chi connectivity index (χ0) is 24.8. The quantitative estimate of drug-likeness (QED) is 0.289. The second-order valence-electron chi connectivity index (χ2n) is 9.56. The van der Waals surface area contributed by atoms with E-state index >= 15 is 0 Å². The molecule has 2 aromatic carbocycles. The number of benzene rings is 2. The van der Waals surface area contributed by atoms with Crippen LogP contribution in [0, 0.1) is 12.8 Å². The molecule has 1 aliphatic carbocycles. The van der Waals surface area contributed by atoms with Crippen molar-refractivity contribution in [2.24, 2.45) is 11.7 Å². The van der Waals surface area contributed by atoms with Crippen molar-refractivity contribution in [3.8, 4) is 5.75 Å². The predicted octanol–water partition coefficient (Wildman–Crippen LogP) is 2.73. The van der Waals surface area contributed by atoms with Crippen LogP contribution in [0.2, 0.25) is 0 Å². The van der Waals surface area contributed by atoms with E-state index in [4.69, 9.17) is 15.2 Å². The smallest absolute Gasteiger partial charge is 0.336 e. The Morgan fingerprint density at radius 3 is 2.51 bits per heavy atom. The molecule has 35 heavy (non-hydrogen) atoms. The van der Waals surface area contributed by atoms with Gasteiger partial charge >= 0.3 is 5.97 Å². The summed E-state index contributed by atoms with van der Waals surface area (Å²) in [6.07, 6.45) is 4.44. The van der Waals surface area contributed by atoms with Crippen molar-refractivity contribution in [3.63, 3.8) is 0 Å². The van der Waals surface area contributed by atoms with E-state index in [0.29, 0.717) is 5.75 Å². The Labute approximate surface area is 205 Å². The topological polar surface area (TPSA) is 120 Å². The van der Waals surface area contributed by atoms with Gasteiger partial charge in [-0.2, -0.15) is 0 Å². The molecule has 0 spiro atoms. The van der Waals surface area contributed by atoms with Crippen LogP contribution in [0.4, 0.5) is 0 Å². The summed E-state index contributed by atoms with van der Waals surface area (Å²) < 4.78 is 11.3. The van der Waals surface area contributed by atoms with Gasteiger partial charge in [-0.1, -0.05) is 74.6 Å². The SMILES string of the molecule is Cc1cccc(O[C@H]2NC(=O)[C@H]2NC(=O)[C@@](N)(CC2CCCCC2)C(=O)OCc2ccccc2)c1. The molecule has 186 valence electrons. The highest BCUT2D eigenvalue weighted by atomic mass is 16.5. The number of carbonyl (C=O) groups is 3. The van der Waals surface area contributed by atoms with E-state index in [1.54, 1.807) is 6.07 Å². The monoisotopic (exact) mass is 479 g/mol. The van der Waals surface area contributed by atoms with Gasteiger partial charge < -0.3 is 25.8 Å². The minimum atomic E-state index is -1.90. The van der Waals surface area contributed by atoms with Gasteiger partial charge in [0, 0.05) is 0 Å². The van der Waals surface area contributed by atoms with Crippen LogP contribution in [-0.4, -0.2) is 35.6 Å². The third kappa shape index (κ3) is 6.00. The molecule has 2 aliphatic rings. The van der Waals surface area contributed by atoms with Crippen molar-refractivity contribution < 1.29 is 23.9 Å². The highest BCUT2D eigenvalue weighted by molar-refractivity contribution is 6.08. The third-order valence-corrected chi connectivity index (χ3v) is 6.73. The Morgan fingerprint density at radius 1 is 1.09 bits per heavy atom. The van der Waals surface area contributed by atoms with E-state index < -0.39 is 35.6 Å². The zero-order valence-corrected chi connectivity index (χ0v) is 20.0. The molecule has 3 atom stereocenters. The molecular formula is C27H33N3O5. The molecule has 8 nitrogen and oxygen atoms in total. The van der Waals surface area contributed by atoms with Gasteiger partial charge in [0.15, 0.2) is 11.6 Å². The van der Waals surface area contributed by atoms with Crippen molar-refractivity contribution in [3.05, 3.63) is 65.7 Å². The van der Waals surface area contributed by atoms with Gasteiger partial charge in [0.2, 0.25) is 6.23 Å². The van der Waals surface area contributed by atoms with Gasteiger partial charge in [-0.15, -0.1) is 0 Å². The fourth-order valence-electron chi connectivity index (χ4n) is 4.67. The van der Waals surface area contributed by atoms with Crippen molar-refractivity contribution in [1.29, 1.82) is 0 Å². The first-order valence-electron chi connectivity index (χ1n) is 12.2. The normalized spacial score (nSPS) is 21.7. The molecule has 4 N–H and O–H groups in total. The number of hydrogen-bond donors (Lipinski definition) is 3. The zero-order valence-electron chi connectivity index (χ0n) is 20.0. The Balaban J connectivity index is 1.46. The maximum Gasteiger partial charge on any atom is 0.336 e. The summed E-state index contributed by atoms with van der Waals surface area (Å²) in [5, 5.41) is 5.30. The molecule has 2 aromatic rings. The summed E-state index contributed by atoms with van der Waals surface area (Å²) in [5.41, 5.74) is 6.41. The summed E-state index contributed by atoms with van der Waals surface area (Å²) in [6.45, 7) is 1.94. The molecule has 1 heterocycles. The van der Waals surface area contributed by atoms with Crippen molar-refractivity contribution >= 4 is 17.8 Å². The standard InChI is InChI=1S/C27H33N3O5/c1-18-9-8-14-21(15-18)35-24-22(23(31)30-24)29-25(32)27(28,16-19-10-4-2-5-11-19)26(33)34-17-20-12-6-3-7-13-20/h3,6-9,12-15,19,22,24H,2,4-5,10-11,16-17,28H2,1H3,(H,29,32)(H,30,31)/t22-,24-,27+/m1/s1. The number of nitrogens with one attached hydrogen (secondary N) is 2. The summed E-state index contributed by atoms with van der Waals surface area (Å²) in [6, 6.07) is 15.6. The second kappa shape index (κ2) is 10.9. The molecule has 1 aliphatic heterocycles. The number of amides is 2. The highest BCUT2D eigenvalue weighted by Crippen LogP contribution is 2.31. The molecule has 8 heteroatoms. The number of hydrogen-bond acceptors (Lipinski definition) is 6. The average molecular weight is 480 g/mol. The van der Waals surface area contributed by atoms with Gasteiger partial charge in [0.25, 0.3) is 11.8 Å². The summed E-state index contributed by atoms with van der Waals surface area (Å²) in [4.78, 5) is 38.9. The number of esters is 1. The molecule has 0 radical (unpaired) electrons. The number of β-lactam (4-membered cyclic amide) rings is 1. The molecule has 0 bridgehead atoms. The van der Waals surface area contributed by atoms with Crippen molar-refractivity contribution in [2.75, 3.05) is 0 Å². The molecule has 1 saturated heterocycles. The minimum absolute atomic E-state index is 0.0135. The first kappa shape index (κ1) is 24.7. The molecule has 2 fully saturated rings. The fraction of sp³-hybridized carbons (Fsp3) is 0.444. The van der Waals surface area contributed by atoms with Crippen LogP contribution in [0.1, 0.15) is 49.7 Å². The lowest BCUT2D eigenvalue weighted by Gasteiger charge is -2.39. The summed E-state index contributed by atoms with van der Waals surface area (Å²) >= 11 is 0. The van der Waals surface area contributed by atoms with Crippen LogP contribution in [0.25, 0.3) is 0 Å². The third-order valence-electron chi connectivity index (χ3n) is 6.73. The number of ether oxygens (including phenoxy) is 2. The van der Waals surface area contributed by atoms with Gasteiger partial charge in [-0.05, 0) is 42.5 Å². The van der Waals surface area contributed by atoms with Crippen LogP contribution in [0.15, 0.2) is 54.6 Å². The number of carbonyl (C=O) groups excluding carboxylic acids is 3. The van der Waals surface area contributed by atoms with E-state index in [9.17, 15) is 14.4 Å². The fourth-order valence-corrected chi connectivity index (χ4v) is 4.67. The Bertz CT molecular complexity index is 1050. The van der Waals surface area contributed by atoms with Gasteiger partial charge in [0.05, 0.1) is 0 Å². The van der Waals surface area contributed by atoms with Crippen LogP contribution < -0.4 is 21.1 Å². The summed E-state index contributed by atoms with van der Waals surface area (Å²) in [7, 11) is 0. The predicted molar refractivity (Wildman–Crippen MR) is 130 cm³/mol. The Morgan fingerprint density at radius 2 is 1.83 bits per heavy atom. The summed E-state index contributed by atoms with van der Waals surface area (Å²) in [5.74, 6) is -1.20. The van der Waals surface area contributed by atoms with Crippen molar-refractivity contribution in [1.82, 2.24) is 10.6 Å². The number of aryl methyl sites for hydroxylation is 1. The van der Waals surface area contributed by atoms with Crippen LogP contribution in [0.5, 0.6) is 5.75 Å². The van der Waals surface area contributed by atoms with E-state index in [1.165, 1.54) is 0 Å². The first-order chi connectivity index (χ1) is 16.8. The Hall–Kier alpha value is -3.39. The van der Waals surface area contributed by atoms with Crippen LogP contribution >= 0.6 is 0 Å². The van der Waals surface area contributed by atoms with Crippen molar-refractivity contribution in [2.45, 2.75) is 69.9 Å². The first-order valence-corrected chi connectivity index (χ1v) is 12.2. The Kier molecular flexibility index (Phi) is 7.70. The molecule has 0 unspecified atom stereocenters. The van der Waals surface area contributed by atoms with E-state index in [1.807, 2.05) is 55.5 Å². The van der Waals surface area contributed by atoms with Gasteiger partial charge in [0.1, 0.15) is 12.4 Å². The maximum atomic E-state index is 13.4. The minimum Gasteiger partial charge on any atom is -0.468 e. The number of nitrogens with two attached hydrogens (primary N) is 1. The molecule has 1 saturated carbocycles. The maximum absolute atomic E-state index is 13.4. The molecule has 4 rings (SSSR count). The van der Waals surface area contributed by atoms with Crippen LogP contribution in [0.3, 0.4) is 0 Å². The second-order valence-corrected chi connectivity index (χ2v) is 9.56.